The third-order valence-corrected chi connectivity index (χ3v) is 2.98. The van der Waals surface area contributed by atoms with Crippen molar-refractivity contribution in [3.05, 3.63) is 28.2 Å². The van der Waals surface area contributed by atoms with Crippen molar-refractivity contribution in [2.45, 2.75) is 25.9 Å². The van der Waals surface area contributed by atoms with Gasteiger partial charge < -0.3 is 4.74 Å². The summed E-state index contributed by atoms with van der Waals surface area (Å²) >= 11 is 11.8. The Morgan fingerprint density at radius 2 is 2.24 bits per heavy atom. The molecule has 0 saturated heterocycles. The molecule has 1 aromatic carbocycles. The van der Waals surface area contributed by atoms with Gasteiger partial charge >= 0.3 is 0 Å². The number of carbonyl (C=O) groups excluding carboxylic acids is 1. The van der Waals surface area contributed by atoms with Gasteiger partial charge in [-0.2, -0.15) is 0 Å². The molecule has 0 radical (unpaired) electrons. The number of amides is 1. The quantitative estimate of drug-likeness (QED) is 0.494. The normalized spacial score (nSPS) is 12.0. The third-order valence-electron chi connectivity index (χ3n) is 2.18. The van der Waals surface area contributed by atoms with Gasteiger partial charge in [-0.15, -0.1) is 0 Å². The average Bonchev–Trinajstić information content (AvgIpc) is 2.32. The van der Waals surface area contributed by atoms with Gasteiger partial charge in [0, 0.05) is 6.42 Å². The molecule has 0 aliphatic rings. The molecule has 0 spiro atoms. The van der Waals surface area contributed by atoms with Crippen LogP contribution in [0.1, 0.15) is 19.8 Å². The number of rotatable bonds is 5. The maximum absolute atomic E-state index is 11.0. The van der Waals surface area contributed by atoms with Crippen LogP contribution in [0.25, 0.3) is 0 Å². The van der Waals surface area contributed by atoms with E-state index in [1.54, 1.807) is 18.2 Å². The number of carbonyl (C=O) groups is 1. The van der Waals surface area contributed by atoms with E-state index >= 15 is 0 Å². The topological polar surface area (TPSA) is 64.4 Å². The van der Waals surface area contributed by atoms with E-state index in [0.29, 0.717) is 28.6 Å². The summed E-state index contributed by atoms with van der Waals surface area (Å²) in [5.41, 5.74) is 2.06. The first-order valence-electron chi connectivity index (χ1n) is 5.14. The van der Waals surface area contributed by atoms with E-state index in [1.165, 1.54) is 0 Å². The molecule has 1 unspecified atom stereocenters. The molecule has 0 saturated carbocycles. The molecule has 0 bridgehead atoms. The molecule has 94 valence electrons. The van der Waals surface area contributed by atoms with Crippen LogP contribution in [0.2, 0.25) is 10.0 Å². The van der Waals surface area contributed by atoms with Crippen LogP contribution in [0.15, 0.2) is 18.2 Å². The summed E-state index contributed by atoms with van der Waals surface area (Å²) in [6.07, 6.45) is 0.699. The van der Waals surface area contributed by atoms with Gasteiger partial charge in [0.15, 0.2) is 0 Å². The molecule has 0 heterocycles. The first-order valence-corrected chi connectivity index (χ1v) is 5.90. The van der Waals surface area contributed by atoms with Crippen LogP contribution in [0.3, 0.4) is 0 Å². The van der Waals surface area contributed by atoms with Crippen molar-refractivity contribution in [1.29, 1.82) is 0 Å². The van der Waals surface area contributed by atoms with Crippen LogP contribution >= 0.6 is 23.2 Å². The zero-order chi connectivity index (χ0) is 12.8. The van der Waals surface area contributed by atoms with E-state index < -0.39 is 0 Å². The van der Waals surface area contributed by atoms with Gasteiger partial charge in [0.05, 0.1) is 11.1 Å². The van der Waals surface area contributed by atoms with Crippen molar-refractivity contribution < 1.29 is 9.53 Å². The Kier molecular flexibility index (Phi) is 5.55. The number of halogens is 2. The zero-order valence-corrected chi connectivity index (χ0v) is 10.9. The summed E-state index contributed by atoms with van der Waals surface area (Å²) in [5, 5.41) is 0.820. The molecule has 0 fully saturated rings. The number of benzene rings is 1. The van der Waals surface area contributed by atoms with Crippen LogP contribution in [-0.4, -0.2) is 12.0 Å². The number of hydrazine groups is 1. The van der Waals surface area contributed by atoms with E-state index in [2.05, 4.69) is 5.43 Å². The summed E-state index contributed by atoms with van der Waals surface area (Å²) in [6.45, 7) is 1.85. The molecule has 0 aliphatic carbocycles. The van der Waals surface area contributed by atoms with E-state index in [9.17, 15) is 4.79 Å². The van der Waals surface area contributed by atoms with Crippen molar-refractivity contribution in [3.8, 4) is 5.75 Å². The van der Waals surface area contributed by atoms with Crippen LogP contribution in [-0.2, 0) is 4.79 Å². The van der Waals surface area contributed by atoms with Crippen molar-refractivity contribution in [2.24, 2.45) is 5.84 Å². The maximum atomic E-state index is 11.0. The lowest BCUT2D eigenvalue weighted by Gasteiger charge is -2.15. The van der Waals surface area contributed by atoms with Crippen molar-refractivity contribution in [2.75, 3.05) is 0 Å². The Hall–Kier alpha value is -0.970. The highest BCUT2D eigenvalue weighted by molar-refractivity contribution is 6.42. The van der Waals surface area contributed by atoms with Gasteiger partial charge in [-0.1, -0.05) is 29.3 Å². The molecule has 1 rings (SSSR count). The fraction of sp³-hybridized carbons (Fsp3) is 0.364. The molecule has 1 atom stereocenters. The van der Waals surface area contributed by atoms with E-state index in [0.717, 1.165) is 0 Å². The van der Waals surface area contributed by atoms with Gasteiger partial charge in [-0.3, -0.25) is 10.2 Å². The summed E-state index contributed by atoms with van der Waals surface area (Å²) < 4.78 is 5.58. The first kappa shape index (κ1) is 14.1. The Balaban J connectivity index is 2.53. The van der Waals surface area contributed by atoms with Crippen molar-refractivity contribution in [3.63, 3.8) is 0 Å². The van der Waals surface area contributed by atoms with Crippen LogP contribution < -0.4 is 16.0 Å². The van der Waals surface area contributed by atoms with Crippen LogP contribution in [0.4, 0.5) is 0 Å². The standard InChI is InChI=1S/C11H14Cl2N2O2/c1-7(5-6-10(16)15-14)17-9-4-2-3-8(12)11(9)13/h2-4,7H,5-6,14H2,1H3,(H,15,16). The van der Waals surface area contributed by atoms with E-state index in [-0.39, 0.29) is 12.0 Å². The second-order valence-electron chi connectivity index (χ2n) is 3.59. The second kappa shape index (κ2) is 6.69. The summed E-state index contributed by atoms with van der Waals surface area (Å²) in [5.74, 6) is 5.27. The Morgan fingerprint density at radius 1 is 1.53 bits per heavy atom. The molecule has 1 amide bonds. The summed E-state index contributed by atoms with van der Waals surface area (Å²) in [7, 11) is 0. The Bertz CT molecular complexity index is 399. The summed E-state index contributed by atoms with van der Waals surface area (Å²) in [4.78, 5) is 11.0. The van der Waals surface area contributed by atoms with Gasteiger partial charge in [0.1, 0.15) is 10.8 Å². The van der Waals surface area contributed by atoms with Crippen molar-refractivity contribution >= 4 is 29.1 Å². The third kappa shape index (κ3) is 4.42. The van der Waals surface area contributed by atoms with Gasteiger partial charge in [-0.25, -0.2) is 5.84 Å². The molecular formula is C11H14Cl2N2O2. The molecule has 0 aromatic heterocycles. The minimum absolute atomic E-state index is 0.150. The fourth-order valence-electron chi connectivity index (χ4n) is 1.26. The second-order valence-corrected chi connectivity index (χ2v) is 4.37. The number of nitrogens with one attached hydrogen (secondary N) is 1. The zero-order valence-electron chi connectivity index (χ0n) is 9.37. The van der Waals surface area contributed by atoms with Gasteiger partial charge in [0.2, 0.25) is 5.91 Å². The first-order chi connectivity index (χ1) is 8.04. The van der Waals surface area contributed by atoms with Crippen LogP contribution in [0, 0.1) is 0 Å². The molecule has 4 nitrogen and oxygen atoms in total. The lowest BCUT2D eigenvalue weighted by molar-refractivity contribution is -0.121. The largest absolute Gasteiger partial charge is 0.489 e. The maximum Gasteiger partial charge on any atom is 0.234 e. The number of hydrogen-bond acceptors (Lipinski definition) is 3. The molecule has 17 heavy (non-hydrogen) atoms. The Morgan fingerprint density at radius 3 is 2.88 bits per heavy atom. The predicted octanol–water partition coefficient (Wildman–Crippen LogP) is 2.53. The monoisotopic (exact) mass is 276 g/mol. The highest BCUT2D eigenvalue weighted by Gasteiger charge is 2.11. The molecule has 1 aromatic rings. The van der Waals surface area contributed by atoms with E-state index in [1.807, 2.05) is 6.92 Å². The van der Waals surface area contributed by atoms with E-state index in [4.69, 9.17) is 33.8 Å². The van der Waals surface area contributed by atoms with Crippen molar-refractivity contribution in [1.82, 2.24) is 5.43 Å². The fourth-order valence-corrected chi connectivity index (χ4v) is 1.59. The molecule has 3 N–H and O–H groups in total. The minimum Gasteiger partial charge on any atom is -0.489 e. The highest BCUT2D eigenvalue weighted by atomic mass is 35.5. The SMILES string of the molecule is CC(CCC(=O)NN)Oc1cccc(Cl)c1Cl. The number of hydrogen-bond donors (Lipinski definition) is 2. The molecule has 0 aliphatic heterocycles. The smallest absolute Gasteiger partial charge is 0.234 e. The highest BCUT2D eigenvalue weighted by Crippen LogP contribution is 2.32. The lowest BCUT2D eigenvalue weighted by Crippen LogP contribution is -2.30. The summed E-state index contributed by atoms with van der Waals surface area (Å²) in [6, 6.07) is 5.17. The van der Waals surface area contributed by atoms with Gasteiger partial charge in [-0.05, 0) is 25.5 Å². The average molecular weight is 277 g/mol. The lowest BCUT2D eigenvalue weighted by atomic mass is 10.2. The Labute approximate surface area is 110 Å². The minimum atomic E-state index is -0.224. The number of nitrogens with two attached hydrogens (primary N) is 1. The van der Waals surface area contributed by atoms with Gasteiger partial charge in [0.25, 0.3) is 0 Å². The number of ether oxygens (including phenoxy) is 1. The molecule has 6 heteroatoms. The van der Waals surface area contributed by atoms with Crippen LogP contribution in [0.5, 0.6) is 5.75 Å². The predicted molar refractivity (Wildman–Crippen MR) is 68.1 cm³/mol. The molecular weight excluding hydrogens is 263 g/mol.